The first-order valence-electron chi connectivity index (χ1n) is 5.29. The van der Waals surface area contributed by atoms with Crippen molar-refractivity contribution in [2.75, 3.05) is 6.54 Å². The van der Waals surface area contributed by atoms with Crippen molar-refractivity contribution in [1.29, 1.82) is 0 Å². The molecule has 1 rings (SSSR count). The normalized spacial score (nSPS) is 10.3. The van der Waals surface area contributed by atoms with E-state index in [0.29, 0.717) is 0 Å². The molecule has 0 bridgehead atoms. The van der Waals surface area contributed by atoms with Crippen LogP contribution in [0.5, 0.6) is 0 Å². The lowest BCUT2D eigenvalue weighted by Gasteiger charge is -2.09. The van der Waals surface area contributed by atoms with Gasteiger partial charge in [-0.15, -0.1) is 0 Å². The summed E-state index contributed by atoms with van der Waals surface area (Å²) < 4.78 is 26.0. The molecule has 0 aliphatic rings. The average molecular weight is 257 g/mol. The van der Waals surface area contributed by atoms with Gasteiger partial charge in [0.05, 0.1) is 12.1 Å². The van der Waals surface area contributed by atoms with Gasteiger partial charge in [0.1, 0.15) is 0 Å². The van der Waals surface area contributed by atoms with Gasteiger partial charge in [-0.25, -0.2) is 9.37 Å². The molecule has 1 aromatic rings. The summed E-state index contributed by atoms with van der Waals surface area (Å²) in [6.45, 7) is 3.22. The van der Waals surface area contributed by atoms with Crippen molar-refractivity contribution in [2.24, 2.45) is 0 Å². The molecule has 0 aliphatic heterocycles. The highest BCUT2D eigenvalue weighted by Gasteiger charge is 2.16. The first-order valence-corrected chi connectivity index (χ1v) is 5.29. The summed E-state index contributed by atoms with van der Waals surface area (Å²) in [6, 6.07) is 0.971. The van der Waals surface area contributed by atoms with E-state index in [4.69, 9.17) is 0 Å². The van der Waals surface area contributed by atoms with E-state index < -0.39 is 29.1 Å². The topological polar surface area (TPSA) is 71.1 Å². The van der Waals surface area contributed by atoms with Crippen molar-refractivity contribution in [3.8, 4) is 0 Å². The molecule has 5 nitrogen and oxygen atoms in total. The fraction of sp³-hybridized carbons (Fsp3) is 0.364. The SMILES string of the molecule is CC(C)NC(=O)CNC(=O)c1ccnc(F)c1F. The van der Waals surface area contributed by atoms with Crippen molar-refractivity contribution in [1.82, 2.24) is 15.6 Å². The Morgan fingerprint density at radius 3 is 2.67 bits per heavy atom. The van der Waals surface area contributed by atoms with Gasteiger partial charge in [0, 0.05) is 12.2 Å². The van der Waals surface area contributed by atoms with Gasteiger partial charge in [0.2, 0.25) is 11.9 Å². The number of hydrogen-bond donors (Lipinski definition) is 2. The Morgan fingerprint density at radius 2 is 2.06 bits per heavy atom. The van der Waals surface area contributed by atoms with Crippen LogP contribution in [0.15, 0.2) is 12.3 Å². The van der Waals surface area contributed by atoms with Gasteiger partial charge < -0.3 is 10.6 Å². The van der Waals surface area contributed by atoms with Crippen LogP contribution in [-0.4, -0.2) is 29.4 Å². The number of pyridine rings is 1. The first-order chi connectivity index (χ1) is 8.41. The predicted octanol–water partition coefficient (Wildman–Crippen LogP) is 0.614. The largest absolute Gasteiger partial charge is 0.352 e. The number of nitrogens with one attached hydrogen (secondary N) is 2. The second-order valence-corrected chi connectivity index (χ2v) is 3.87. The molecule has 0 spiro atoms. The molecule has 98 valence electrons. The van der Waals surface area contributed by atoms with Crippen molar-refractivity contribution < 1.29 is 18.4 Å². The zero-order valence-electron chi connectivity index (χ0n) is 9.96. The van der Waals surface area contributed by atoms with E-state index in [2.05, 4.69) is 15.6 Å². The number of aromatic nitrogens is 1. The van der Waals surface area contributed by atoms with Crippen molar-refractivity contribution in [3.05, 3.63) is 29.6 Å². The van der Waals surface area contributed by atoms with Gasteiger partial charge >= 0.3 is 0 Å². The lowest BCUT2D eigenvalue weighted by Crippen LogP contribution is -2.40. The van der Waals surface area contributed by atoms with Crippen LogP contribution in [0.4, 0.5) is 8.78 Å². The Morgan fingerprint density at radius 1 is 1.39 bits per heavy atom. The quantitative estimate of drug-likeness (QED) is 0.776. The Kier molecular flexibility index (Phi) is 4.70. The van der Waals surface area contributed by atoms with E-state index in [1.54, 1.807) is 13.8 Å². The number of hydrogen-bond acceptors (Lipinski definition) is 3. The minimum atomic E-state index is -1.35. The van der Waals surface area contributed by atoms with Gasteiger partial charge in [-0.1, -0.05) is 0 Å². The summed E-state index contributed by atoms with van der Waals surface area (Å²) in [4.78, 5) is 25.8. The molecule has 0 saturated carbocycles. The third kappa shape index (κ3) is 3.76. The van der Waals surface area contributed by atoms with Crippen LogP contribution in [0, 0.1) is 11.8 Å². The Bertz CT molecular complexity index is 464. The monoisotopic (exact) mass is 257 g/mol. The lowest BCUT2D eigenvalue weighted by atomic mass is 10.2. The van der Waals surface area contributed by atoms with Crippen LogP contribution in [0.3, 0.4) is 0 Å². The zero-order valence-corrected chi connectivity index (χ0v) is 9.96. The van der Waals surface area contributed by atoms with E-state index in [1.165, 1.54) is 0 Å². The van der Waals surface area contributed by atoms with Crippen LogP contribution < -0.4 is 10.6 Å². The fourth-order valence-corrected chi connectivity index (χ4v) is 1.22. The van der Waals surface area contributed by atoms with E-state index >= 15 is 0 Å². The molecule has 0 unspecified atom stereocenters. The molecular weight excluding hydrogens is 244 g/mol. The highest BCUT2D eigenvalue weighted by atomic mass is 19.2. The van der Waals surface area contributed by atoms with Crippen molar-refractivity contribution in [2.45, 2.75) is 19.9 Å². The summed E-state index contributed by atoms with van der Waals surface area (Å²) in [5, 5.41) is 4.73. The Hall–Kier alpha value is -2.05. The molecule has 0 aromatic carbocycles. The number of amides is 2. The van der Waals surface area contributed by atoms with Crippen molar-refractivity contribution >= 4 is 11.8 Å². The lowest BCUT2D eigenvalue weighted by molar-refractivity contribution is -0.120. The van der Waals surface area contributed by atoms with Gasteiger partial charge in [-0.3, -0.25) is 9.59 Å². The molecule has 0 saturated heterocycles. The van der Waals surface area contributed by atoms with Crippen LogP contribution >= 0.6 is 0 Å². The molecule has 18 heavy (non-hydrogen) atoms. The summed E-state index contributed by atoms with van der Waals surface area (Å²) in [5.41, 5.74) is -0.486. The predicted molar refractivity (Wildman–Crippen MR) is 59.8 cm³/mol. The van der Waals surface area contributed by atoms with Crippen molar-refractivity contribution in [3.63, 3.8) is 0 Å². The van der Waals surface area contributed by atoms with Gasteiger partial charge in [0.15, 0.2) is 5.82 Å². The molecule has 0 fully saturated rings. The van der Waals surface area contributed by atoms with Crippen LogP contribution in [0.25, 0.3) is 0 Å². The average Bonchev–Trinajstić information content (AvgIpc) is 2.29. The zero-order chi connectivity index (χ0) is 13.7. The van der Waals surface area contributed by atoms with Gasteiger partial charge in [-0.2, -0.15) is 4.39 Å². The number of rotatable bonds is 4. The third-order valence-electron chi connectivity index (χ3n) is 1.95. The molecule has 2 N–H and O–H groups in total. The summed E-state index contributed by atoms with van der Waals surface area (Å²) >= 11 is 0. The Balaban J connectivity index is 2.61. The van der Waals surface area contributed by atoms with Gasteiger partial charge in [0.25, 0.3) is 5.91 Å². The highest BCUT2D eigenvalue weighted by molar-refractivity contribution is 5.96. The van der Waals surface area contributed by atoms with Crippen LogP contribution in [0.2, 0.25) is 0 Å². The standard InChI is InChI=1S/C11H13F2N3O2/c1-6(2)16-8(17)5-15-11(18)7-3-4-14-10(13)9(7)12/h3-4,6H,5H2,1-2H3,(H,15,18)(H,16,17). The maximum Gasteiger partial charge on any atom is 0.254 e. The van der Waals surface area contributed by atoms with E-state index in [1.807, 2.05) is 0 Å². The van der Waals surface area contributed by atoms with Crippen LogP contribution in [0.1, 0.15) is 24.2 Å². The second kappa shape index (κ2) is 6.04. The maximum absolute atomic E-state index is 13.2. The van der Waals surface area contributed by atoms with E-state index in [9.17, 15) is 18.4 Å². The smallest absolute Gasteiger partial charge is 0.254 e. The number of carbonyl (C=O) groups excluding carboxylic acids is 2. The summed E-state index contributed by atoms with van der Waals surface area (Å²) in [6.07, 6.45) is 0.974. The van der Waals surface area contributed by atoms with E-state index in [0.717, 1.165) is 12.3 Å². The molecular formula is C11H13F2N3O2. The van der Waals surface area contributed by atoms with E-state index in [-0.39, 0.29) is 12.6 Å². The summed E-state index contributed by atoms with van der Waals surface area (Å²) in [5.74, 6) is -3.96. The Labute approximate surface area is 103 Å². The number of carbonyl (C=O) groups is 2. The summed E-state index contributed by atoms with van der Waals surface area (Å²) in [7, 11) is 0. The highest BCUT2D eigenvalue weighted by Crippen LogP contribution is 2.08. The maximum atomic E-state index is 13.2. The molecule has 0 radical (unpaired) electrons. The minimum Gasteiger partial charge on any atom is -0.352 e. The van der Waals surface area contributed by atoms with Gasteiger partial charge in [-0.05, 0) is 19.9 Å². The minimum absolute atomic E-state index is 0.0653. The second-order valence-electron chi connectivity index (χ2n) is 3.87. The third-order valence-corrected chi connectivity index (χ3v) is 1.95. The number of nitrogens with zero attached hydrogens (tertiary/aromatic N) is 1. The van der Waals surface area contributed by atoms with Crippen LogP contribution in [-0.2, 0) is 4.79 Å². The first kappa shape index (κ1) is 14.0. The fourth-order valence-electron chi connectivity index (χ4n) is 1.22. The molecule has 1 heterocycles. The molecule has 1 aromatic heterocycles. The molecule has 0 aliphatic carbocycles. The molecule has 7 heteroatoms. The molecule has 2 amide bonds. The molecule has 0 atom stereocenters. The number of halogens is 2.